The van der Waals surface area contributed by atoms with Crippen LogP contribution in [0.15, 0.2) is 46.1 Å². The largest absolute Gasteiger partial charge is 0.497 e. The highest BCUT2D eigenvalue weighted by Gasteiger charge is 2.46. The quantitative estimate of drug-likeness (QED) is 0.936. The van der Waals surface area contributed by atoms with E-state index in [0.29, 0.717) is 29.1 Å². The van der Waals surface area contributed by atoms with E-state index in [-0.39, 0.29) is 12.3 Å². The smallest absolute Gasteiger partial charge is 0.280 e. The van der Waals surface area contributed by atoms with Crippen LogP contribution >= 0.6 is 0 Å². The second kappa shape index (κ2) is 6.13. The molecule has 1 aromatic heterocycles. The molecule has 2 heterocycles. The van der Waals surface area contributed by atoms with E-state index in [1.54, 1.807) is 44.4 Å². The molecule has 2 aromatic rings. The van der Waals surface area contributed by atoms with E-state index >= 15 is 0 Å². The highest BCUT2D eigenvalue weighted by Crippen LogP contribution is 2.38. The Morgan fingerprint density at radius 1 is 1.38 bits per heavy atom. The Labute approximate surface area is 140 Å². The zero-order chi connectivity index (χ0) is 17.3. The first-order chi connectivity index (χ1) is 11.5. The molecule has 1 aliphatic heterocycles. The fraction of sp³-hybridized carbons (Fsp3) is 0.333. The van der Waals surface area contributed by atoms with Crippen LogP contribution in [0.2, 0.25) is 0 Å². The Balaban J connectivity index is 2.01. The van der Waals surface area contributed by atoms with Gasteiger partial charge in [0.25, 0.3) is 5.91 Å². The van der Waals surface area contributed by atoms with Gasteiger partial charge in [0.2, 0.25) is 0 Å². The van der Waals surface area contributed by atoms with Crippen molar-refractivity contribution in [2.24, 2.45) is 5.10 Å². The monoisotopic (exact) mass is 328 g/mol. The van der Waals surface area contributed by atoms with Crippen molar-refractivity contribution in [2.75, 3.05) is 7.11 Å². The molecule has 6 nitrogen and oxygen atoms in total. The number of nitrogens with zero attached hydrogens (tertiary/aromatic N) is 2. The zero-order valence-corrected chi connectivity index (χ0v) is 13.9. The van der Waals surface area contributed by atoms with Crippen molar-refractivity contribution in [3.05, 3.63) is 53.5 Å². The number of hydrazone groups is 1. The Hall–Kier alpha value is -2.60. The van der Waals surface area contributed by atoms with Crippen molar-refractivity contribution < 1.29 is 19.1 Å². The summed E-state index contributed by atoms with van der Waals surface area (Å²) in [4.78, 5) is 12.9. The zero-order valence-electron chi connectivity index (χ0n) is 13.9. The third kappa shape index (κ3) is 2.59. The van der Waals surface area contributed by atoms with Crippen LogP contribution in [0.4, 0.5) is 0 Å². The molecule has 1 aromatic carbocycles. The molecule has 0 radical (unpaired) electrons. The highest BCUT2D eigenvalue weighted by molar-refractivity contribution is 5.98. The number of amides is 1. The van der Waals surface area contributed by atoms with Crippen molar-refractivity contribution >= 4 is 11.6 Å². The summed E-state index contributed by atoms with van der Waals surface area (Å²) in [5, 5.41) is 16.8. The molecule has 0 unspecified atom stereocenters. The van der Waals surface area contributed by atoms with E-state index in [4.69, 9.17) is 9.15 Å². The van der Waals surface area contributed by atoms with E-state index in [1.807, 2.05) is 6.92 Å². The van der Waals surface area contributed by atoms with Crippen LogP contribution in [-0.4, -0.2) is 28.8 Å². The number of aryl methyl sites for hydroxylation is 1. The normalized spacial score (nSPS) is 20.2. The summed E-state index contributed by atoms with van der Waals surface area (Å²) in [5.41, 5.74) is 0.231. The molecule has 0 saturated carbocycles. The van der Waals surface area contributed by atoms with Crippen LogP contribution in [0.1, 0.15) is 41.4 Å². The van der Waals surface area contributed by atoms with E-state index in [2.05, 4.69) is 5.10 Å². The molecule has 0 bridgehead atoms. The number of carbonyl (C=O) groups excluding carboxylic acids is 1. The maximum Gasteiger partial charge on any atom is 0.280 e. The number of furan rings is 1. The number of benzene rings is 1. The molecule has 1 amide bonds. The summed E-state index contributed by atoms with van der Waals surface area (Å²) in [6.07, 6.45) is 2.39. The molecular formula is C18H20N2O4. The third-order valence-corrected chi connectivity index (χ3v) is 4.28. The van der Waals surface area contributed by atoms with Gasteiger partial charge in [-0.05, 0) is 31.5 Å². The predicted molar refractivity (Wildman–Crippen MR) is 88.8 cm³/mol. The van der Waals surface area contributed by atoms with Crippen LogP contribution in [0.25, 0.3) is 0 Å². The van der Waals surface area contributed by atoms with Gasteiger partial charge < -0.3 is 14.3 Å². The minimum absolute atomic E-state index is 0.276. The van der Waals surface area contributed by atoms with E-state index in [1.165, 1.54) is 6.26 Å². The highest BCUT2D eigenvalue weighted by atomic mass is 16.5. The van der Waals surface area contributed by atoms with Crippen molar-refractivity contribution in [2.45, 2.75) is 32.4 Å². The molecule has 0 aliphatic carbocycles. The summed E-state index contributed by atoms with van der Waals surface area (Å²) in [5.74, 6) is 0.792. The third-order valence-electron chi connectivity index (χ3n) is 4.28. The topological polar surface area (TPSA) is 75.3 Å². The maximum absolute atomic E-state index is 12.9. The molecule has 24 heavy (non-hydrogen) atoms. The van der Waals surface area contributed by atoms with Crippen LogP contribution in [-0.2, 0) is 5.72 Å². The Bertz CT molecular complexity index is 779. The maximum atomic E-state index is 12.9. The van der Waals surface area contributed by atoms with Gasteiger partial charge in [-0.3, -0.25) is 4.79 Å². The number of carbonyl (C=O) groups is 1. The van der Waals surface area contributed by atoms with Crippen molar-refractivity contribution in [1.29, 1.82) is 0 Å². The molecular weight excluding hydrogens is 308 g/mol. The number of aliphatic hydroxyl groups is 1. The first kappa shape index (κ1) is 16.3. The molecule has 0 saturated heterocycles. The van der Waals surface area contributed by atoms with Crippen molar-refractivity contribution in [3.63, 3.8) is 0 Å². The molecule has 3 rings (SSSR count). The lowest BCUT2D eigenvalue weighted by Gasteiger charge is -2.31. The molecule has 0 fully saturated rings. The van der Waals surface area contributed by atoms with Crippen LogP contribution < -0.4 is 4.74 Å². The number of ether oxygens (including phenoxy) is 1. The van der Waals surface area contributed by atoms with Gasteiger partial charge in [-0.25, -0.2) is 0 Å². The van der Waals surface area contributed by atoms with Gasteiger partial charge in [0.1, 0.15) is 11.5 Å². The Morgan fingerprint density at radius 2 is 2.08 bits per heavy atom. The van der Waals surface area contributed by atoms with Crippen LogP contribution in [0.5, 0.6) is 5.75 Å². The van der Waals surface area contributed by atoms with Gasteiger partial charge in [0.15, 0.2) is 5.72 Å². The van der Waals surface area contributed by atoms with Crippen LogP contribution in [0, 0.1) is 6.92 Å². The molecule has 6 heteroatoms. The lowest BCUT2D eigenvalue weighted by Crippen LogP contribution is -2.43. The summed E-state index contributed by atoms with van der Waals surface area (Å²) < 4.78 is 10.4. The average molecular weight is 328 g/mol. The Morgan fingerprint density at radius 3 is 2.62 bits per heavy atom. The molecule has 1 N–H and O–H groups in total. The summed E-state index contributed by atoms with van der Waals surface area (Å²) in [7, 11) is 1.58. The summed E-state index contributed by atoms with van der Waals surface area (Å²) in [6.45, 7) is 3.66. The number of hydrogen-bond acceptors (Lipinski definition) is 5. The van der Waals surface area contributed by atoms with Crippen molar-refractivity contribution in [3.8, 4) is 5.75 Å². The second-order valence-electron chi connectivity index (χ2n) is 5.75. The van der Waals surface area contributed by atoms with Crippen molar-refractivity contribution in [1.82, 2.24) is 5.01 Å². The van der Waals surface area contributed by atoms with E-state index in [9.17, 15) is 9.90 Å². The standard InChI is InChI=1S/C18H20N2O4/c1-4-14-11-18(22,13-5-7-15(23-3)8-6-13)20(19-14)17(21)16-9-10-24-12(16)2/h5-10,22H,4,11H2,1-3H3/t18-/m1/s1. The first-order valence-corrected chi connectivity index (χ1v) is 7.81. The lowest BCUT2D eigenvalue weighted by atomic mass is 9.96. The first-order valence-electron chi connectivity index (χ1n) is 7.81. The SMILES string of the molecule is CCC1=NN(C(=O)c2ccoc2C)[C@](O)(c2ccc(OC)cc2)C1. The number of methoxy groups -OCH3 is 1. The molecule has 1 aliphatic rings. The van der Waals surface area contributed by atoms with E-state index in [0.717, 1.165) is 10.7 Å². The number of rotatable bonds is 4. The van der Waals surface area contributed by atoms with Gasteiger partial charge in [0.05, 0.1) is 18.9 Å². The summed E-state index contributed by atoms with van der Waals surface area (Å²) in [6, 6.07) is 8.59. The molecule has 0 spiro atoms. The minimum atomic E-state index is -1.52. The number of hydrogen-bond donors (Lipinski definition) is 1. The Kier molecular flexibility index (Phi) is 4.15. The molecule has 1 atom stereocenters. The van der Waals surface area contributed by atoms with Gasteiger partial charge in [-0.15, -0.1) is 0 Å². The van der Waals surface area contributed by atoms with Gasteiger partial charge >= 0.3 is 0 Å². The fourth-order valence-electron chi connectivity index (χ4n) is 2.83. The second-order valence-corrected chi connectivity index (χ2v) is 5.75. The average Bonchev–Trinajstić information content (AvgIpc) is 3.18. The lowest BCUT2D eigenvalue weighted by molar-refractivity contribution is -0.0766. The van der Waals surface area contributed by atoms with E-state index < -0.39 is 5.72 Å². The summed E-state index contributed by atoms with van der Waals surface area (Å²) >= 11 is 0. The van der Waals surface area contributed by atoms with Gasteiger partial charge in [0, 0.05) is 17.7 Å². The fourth-order valence-corrected chi connectivity index (χ4v) is 2.83. The predicted octanol–water partition coefficient (Wildman–Crippen LogP) is 3.05. The molecule has 126 valence electrons. The minimum Gasteiger partial charge on any atom is -0.497 e. The van der Waals surface area contributed by atoms with Gasteiger partial charge in [-0.1, -0.05) is 19.1 Å². The van der Waals surface area contributed by atoms with Crippen LogP contribution in [0.3, 0.4) is 0 Å². The van der Waals surface area contributed by atoms with Gasteiger partial charge in [-0.2, -0.15) is 10.1 Å².